The summed E-state index contributed by atoms with van der Waals surface area (Å²) in [5, 5.41) is 8.33. The molecule has 0 aliphatic heterocycles. The van der Waals surface area contributed by atoms with E-state index in [-0.39, 0.29) is 17.7 Å². The highest BCUT2D eigenvalue weighted by molar-refractivity contribution is 7.86. The fourth-order valence-electron chi connectivity index (χ4n) is 0.716. The molecule has 14 heavy (non-hydrogen) atoms. The average molecular weight is 221 g/mol. The minimum absolute atomic E-state index is 0.0318. The van der Waals surface area contributed by atoms with Crippen LogP contribution in [0.5, 0.6) is 0 Å². The molecule has 0 bridgehead atoms. The van der Waals surface area contributed by atoms with Crippen molar-refractivity contribution in [2.24, 2.45) is 0 Å². The quantitative estimate of drug-likeness (QED) is 0.691. The second-order valence-electron chi connectivity index (χ2n) is 3.22. The maximum atomic E-state index is 11.3. The van der Waals surface area contributed by atoms with Gasteiger partial charge >= 0.3 is 5.97 Å². The van der Waals surface area contributed by atoms with E-state index in [0.717, 1.165) is 0 Å². The number of aliphatic carboxylic acids is 1. The maximum Gasteiger partial charge on any atom is 0.316 e. The summed E-state index contributed by atoms with van der Waals surface area (Å²) in [4.78, 5) is 22.9. The minimum atomic E-state index is -1.61. The van der Waals surface area contributed by atoms with Gasteiger partial charge in [-0.1, -0.05) is 0 Å². The van der Waals surface area contributed by atoms with Crippen molar-refractivity contribution in [3.63, 3.8) is 0 Å². The molecule has 0 aromatic rings. The second kappa shape index (κ2) is 5.74. The molecule has 1 atom stereocenters. The third-order valence-electron chi connectivity index (χ3n) is 1.74. The van der Waals surface area contributed by atoms with Gasteiger partial charge in [0.15, 0.2) is 0 Å². The molecule has 0 radical (unpaired) electrons. The van der Waals surface area contributed by atoms with Crippen molar-refractivity contribution in [2.75, 3.05) is 18.6 Å². The number of hydrogen-bond donors (Lipinski definition) is 1. The van der Waals surface area contributed by atoms with Gasteiger partial charge in [0.05, 0.1) is 0 Å². The minimum Gasteiger partial charge on any atom is -0.481 e. The van der Waals surface area contributed by atoms with Crippen LogP contribution in [0.25, 0.3) is 0 Å². The van der Waals surface area contributed by atoms with Crippen molar-refractivity contribution in [2.45, 2.75) is 19.9 Å². The summed E-state index contributed by atoms with van der Waals surface area (Å²) >= 11 is 0. The molecule has 0 saturated heterocycles. The Bertz CT molecular complexity index is 252. The van der Waals surface area contributed by atoms with E-state index < -0.39 is 22.5 Å². The lowest BCUT2D eigenvalue weighted by atomic mass is 10.3. The van der Waals surface area contributed by atoms with Crippen molar-refractivity contribution in [3.8, 4) is 0 Å². The van der Waals surface area contributed by atoms with Crippen molar-refractivity contribution < 1.29 is 18.9 Å². The third kappa shape index (κ3) is 4.96. The summed E-state index contributed by atoms with van der Waals surface area (Å²) in [5.41, 5.74) is 0. The lowest BCUT2D eigenvalue weighted by Crippen LogP contribution is -2.36. The first-order valence-electron chi connectivity index (χ1n) is 4.17. The van der Waals surface area contributed by atoms with Crippen LogP contribution < -0.4 is 0 Å². The zero-order valence-electron chi connectivity index (χ0n) is 8.52. The van der Waals surface area contributed by atoms with Crippen LogP contribution in [-0.4, -0.2) is 50.7 Å². The van der Waals surface area contributed by atoms with E-state index in [1.165, 1.54) is 4.90 Å². The first-order chi connectivity index (χ1) is 6.34. The zero-order valence-corrected chi connectivity index (χ0v) is 9.34. The fourth-order valence-corrected chi connectivity index (χ4v) is 1.57. The standard InChI is InChI=1S/C8H15NO4S/c1-6(2)9(3)7(10)4-14(13)5-8(11)12/h6H,4-5H2,1-3H3,(H,11,12). The summed E-state index contributed by atoms with van der Waals surface area (Å²) in [6.07, 6.45) is 0. The van der Waals surface area contributed by atoms with Crippen molar-refractivity contribution in [3.05, 3.63) is 0 Å². The summed E-state index contributed by atoms with van der Waals surface area (Å²) in [5.74, 6) is -2.14. The molecular formula is C8H15NO4S. The molecule has 0 spiro atoms. The first kappa shape index (κ1) is 13.1. The van der Waals surface area contributed by atoms with Gasteiger partial charge < -0.3 is 10.0 Å². The molecule has 5 nitrogen and oxygen atoms in total. The smallest absolute Gasteiger partial charge is 0.316 e. The molecule has 1 amide bonds. The third-order valence-corrected chi connectivity index (χ3v) is 2.87. The molecule has 1 N–H and O–H groups in total. The van der Waals surface area contributed by atoms with E-state index >= 15 is 0 Å². The predicted octanol–water partition coefficient (Wildman–Crippen LogP) is -0.313. The van der Waals surface area contributed by atoms with E-state index in [9.17, 15) is 13.8 Å². The molecule has 0 rings (SSSR count). The molecule has 0 aromatic carbocycles. The second-order valence-corrected chi connectivity index (χ2v) is 4.68. The van der Waals surface area contributed by atoms with Gasteiger partial charge in [-0.15, -0.1) is 0 Å². The molecule has 0 heterocycles. The lowest BCUT2D eigenvalue weighted by molar-refractivity contribution is -0.134. The normalized spacial score (nSPS) is 12.6. The van der Waals surface area contributed by atoms with Crippen LogP contribution in [-0.2, 0) is 20.4 Å². The largest absolute Gasteiger partial charge is 0.481 e. The Kier molecular flexibility index (Phi) is 5.37. The number of amides is 1. The van der Waals surface area contributed by atoms with Crippen molar-refractivity contribution >= 4 is 22.7 Å². The van der Waals surface area contributed by atoms with Crippen LogP contribution in [0, 0.1) is 0 Å². The number of hydrogen-bond acceptors (Lipinski definition) is 3. The van der Waals surface area contributed by atoms with Gasteiger partial charge in [0.2, 0.25) is 5.91 Å². The van der Waals surface area contributed by atoms with Crippen molar-refractivity contribution in [1.82, 2.24) is 4.90 Å². The Hall–Kier alpha value is -0.910. The summed E-state index contributed by atoms with van der Waals surface area (Å²) in [6, 6.07) is 0.0318. The fraction of sp³-hybridized carbons (Fsp3) is 0.750. The SMILES string of the molecule is CC(C)N(C)C(=O)CS(=O)CC(=O)O. The van der Waals surface area contributed by atoms with Gasteiger partial charge in [0.25, 0.3) is 0 Å². The van der Waals surface area contributed by atoms with Crippen LogP contribution in [0.3, 0.4) is 0 Å². The molecule has 0 saturated carbocycles. The van der Waals surface area contributed by atoms with Gasteiger partial charge in [-0.2, -0.15) is 0 Å². The van der Waals surface area contributed by atoms with Gasteiger partial charge in [-0.3, -0.25) is 13.8 Å². The molecule has 0 aromatic heterocycles. The highest BCUT2D eigenvalue weighted by atomic mass is 32.2. The van der Waals surface area contributed by atoms with Crippen LogP contribution >= 0.6 is 0 Å². The maximum absolute atomic E-state index is 11.3. The molecule has 6 heteroatoms. The predicted molar refractivity (Wildman–Crippen MR) is 53.4 cm³/mol. The van der Waals surface area contributed by atoms with E-state index in [1.807, 2.05) is 13.8 Å². The Labute approximate surface area is 85.5 Å². The van der Waals surface area contributed by atoms with Gasteiger partial charge in [-0.05, 0) is 13.8 Å². The van der Waals surface area contributed by atoms with E-state index in [4.69, 9.17) is 5.11 Å². The van der Waals surface area contributed by atoms with E-state index in [1.54, 1.807) is 7.05 Å². The van der Waals surface area contributed by atoms with Crippen LogP contribution in [0.4, 0.5) is 0 Å². The lowest BCUT2D eigenvalue weighted by Gasteiger charge is -2.20. The summed E-state index contributed by atoms with van der Waals surface area (Å²) in [6.45, 7) is 3.66. The van der Waals surface area contributed by atoms with Gasteiger partial charge in [-0.25, -0.2) is 0 Å². The Morgan fingerprint density at radius 3 is 2.21 bits per heavy atom. The summed E-state index contributed by atoms with van der Waals surface area (Å²) < 4.78 is 11.1. The van der Waals surface area contributed by atoms with Gasteiger partial charge in [0.1, 0.15) is 11.5 Å². The molecule has 0 aliphatic rings. The highest BCUT2D eigenvalue weighted by Crippen LogP contribution is 1.96. The van der Waals surface area contributed by atoms with Crippen LogP contribution in [0.15, 0.2) is 0 Å². The van der Waals surface area contributed by atoms with Crippen LogP contribution in [0.2, 0.25) is 0 Å². The van der Waals surface area contributed by atoms with Crippen LogP contribution in [0.1, 0.15) is 13.8 Å². The number of carboxylic acids is 1. The average Bonchev–Trinajstić information content (AvgIpc) is 2.00. The van der Waals surface area contributed by atoms with Crippen molar-refractivity contribution in [1.29, 1.82) is 0 Å². The Morgan fingerprint density at radius 1 is 1.36 bits per heavy atom. The zero-order chi connectivity index (χ0) is 11.3. The first-order valence-corrected chi connectivity index (χ1v) is 5.65. The number of carbonyl (C=O) groups excluding carboxylic acids is 1. The topological polar surface area (TPSA) is 74.7 Å². The molecule has 82 valence electrons. The van der Waals surface area contributed by atoms with Gasteiger partial charge in [0, 0.05) is 23.9 Å². The Balaban J connectivity index is 4.06. The number of carboxylic acid groups (broad SMARTS) is 1. The monoisotopic (exact) mass is 221 g/mol. The number of nitrogens with zero attached hydrogens (tertiary/aromatic N) is 1. The molecule has 0 aliphatic carbocycles. The highest BCUT2D eigenvalue weighted by Gasteiger charge is 2.16. The number of carbonyl (C=O) groups is 2. The molecular weight excluding hydrogens is 206 g/mol. The summed E-state index contributed by atoms with van der Waals surface area (Å²) in [7, 11) is -0.00594. The Morgan fingerprint density at radius 2 is 1.86 bits per heavy atom. The molecule has 1 unspecified atom stereocenters. The molecule has 0 fully saturated rings. The number of rotatable bonds is 5. The van der Waals surface area contributed by atoms with E-state index in [0.29, 0.717) is 0 Å². The van der Waals surface area contributed by atoms with E-state index in [2.05, 4.69) is 0 Å².